The molecule has 3 aromatic rings. The average Bonchev–Trinajstić information content (AvgIpc) is 2.98. The van der Waals surface area contributed by atoms with Gasteiger partial charge in [-0.1, -0.05) is 0 Å². The molecule has 0 bridgehead atoms. The van der Waals surface area contributed by atoms with Crippen LogP contribution in [0.2, 0.25) is 0 Å². The molecule has 1 unspecified atom stereocenters. The van der Waals surface area contributed by atoms with Gasteiger partial charge in [-0.25, -0.2) is 14.1 Å². The second kappa shape index (κ2) is 5.15. The number of benzene rings is 1. The number of halogens is 2. The molecule has 0 aliphatic carbocycles. The maximum absolute atomic E-state index is 13.2. The van der Waals surface area contributed by atoms with Gasteiger partial charge in [0.15, 0.2) is 5.65 Å². The van der Waals surface area contributed by atoms with Crippen molar-refractivity contribution in [3.63, 3.8) is 0 Å². The Labute approximate surface area is 127 Å². The number of aryl methyl sites for hydroxylation is 2. The summed E-state index contributed by atoms with van der Waals surface area (Å²) < 4.78 is 17.0. The summed E-state index contributed by atoms with van der Waals surface area (Å²) >= 11 is 6.28. The molecule has 4 nitrogen and oxygen atoms in total. The van der Waals surface area contributed by atoms with Gasteiger partial charge in [-0.3, -0.25) is 4.57 Å². The van der Waals surface area contributed by atoms with Gasteiger partial charge in [-0.15, -0.1) is 11.6 Å². The van der Waals surface area contributed by atoms with E-state index >= 15 is 0 Å². The highest BCUT2D eigenvalue weighted by Crippen LogP contribution is 2.29. The summed E-state index contributed by atoms with van der Waals surface area (Å²) in [5, 5.41) is 4.23. The lowest BCUT2D eigenvalue weighted by Gasteiger charge is -2.11. The number of fused-ring (bicyclic) bond motifs is 1. The SMILES string of the molecule is CCn1nc(C)c2nc(C(C)Cl)n(-c3ccc(F)cc3)c21. The van der Waals surface area contributed by atoms with Crippen molar-refractivity contribution in [3.8, 4) is 5.69 Å². The van der Waals surface area contributed by atoms with Gasteiger partial charge in [0.25, 0.3) is 0 Å². The Kier molecular flexibility index (Phi) is 3.45. The number of imidazole rings is 1. The number of nitrogens with zero attached hydrogens (tertiary/aromatic N) is 4. The third-order valence-corrected chi connectivity index (χ3v) is 3.67. The van der Waals surface area contributed by atoms with E-state index < -0.39 is 0 Å². The van der Waals surface area contributed by atoms with E-state index in [-0.39, 0.29) is 11.2 Å². The van der Waals surface area contributed by atoms with Crippen LogP contribution in [0.4, 0.5) is 4.39 Å². The van der Waals surface area contributed by atoms with Crippen LogP contribution in [0.1, 0.15) is 30.7 Å². The highest BCUT2D eigenvalue weighted by molar-refractivity contribution is 6.20. The summed E-state index contributed by atoms with van der Waals surface area (Å²) in [7, 11) is 0. The highest BCUT2D eigenvalue weighted by atomic mass is 35.5. The third kappa shape index (κ3) is 2.21. The lowest BCUT2D eigenvalue weighted by molar-refractivity contribution is 0.626. The van der Waals surface area contributed by atoms with Crippen molar-refractivity contribution in [2.24, 2.45) is 0 Å². The Balaban J connectivity index is 2.36. The Morgan fingerprint density at radius 3 is 2.52 bits per heavy atom. The molecule has 2 aromatic heterocycles. The van der Waals surface area contributed by atoms with E-state index in [0.717, 1.165) is 34.9 Å². The highest BCUT2D eigenvalue weighted by Gasteiger charge is 2.21. The quantitative estimate of drug-likeness (QED) is 0.686. The fourth-order valence-electron chi connectivity index (χ4n) is 2.52. The second-order valence-corrected chi connectivity index (χ2v) is 5.63. The smallest absolute Gasteiger partial charge is 0.163 e. The van der Waals surface area contributed by atoms with Crippen molar-refractivity contribution in [3.05, 3.63) is 41.6 Å². The van der Waals surface area contributed by atoms with Crippen molar-refractivity contribution in [2.75, 3.05) is 0 Å². The van der Waals surface area contributed by atoms with Crippen LogP contribution in [0, 0.1) is 12.7 Å². The molecule has 0 fully saturated rings. The Hall–Kier alpha value is -1.88. The van der Waals surface area contributed by atoms with E-state index in [0.29, 0.717) is 0 Å². The maximum Gasteiger partial charge on any atom is 0.163 e. The molecule has 1 atom stereocenters. The van der Waals surface area contributed by atoms with Crippen LogP contribution in [0.15, 0.2) is 24.3 Å². The van der Waals surface area contributed by atoms with E-state index in [1.165, 1.54) is 12.1 Å². The van der Waals surface area contributed by atoms with Crippen molar-refractivity contribution >= 4 is 22.8 Å². The first-order valence-corrected chi connectivity index (χ1v) is 7.32. The standard InChI is InChI=1S/C15H16ClFN4/c1-4-20-15-13(10(3)19-20)18-14(9(2)16)21(15)12-7-5-11(17)6-8-12/h5-9H,4H2,1-3H3. The number of alkyl halides is 1. The molecular formula is C15H16ClFN4. The van der Waals surface area contributed by atoms with E-state index in [9.17, 15) is 4.39 Å². The van der Waals surface area contributed by atoms with Gasteiger partial charge in [0.05, 0.1) is 11.1 Å². The minimum absolute atomic E-state index is 0.257. The van der Waals surface area contributed by atoms with Crippen molar-refractivity contribution in [2.45, 2.75) is 32.7 Å². The molecule has 3 rings (SSSR count). The number of hydrogen-bond donors (Lipinski definition) is 0. The molecule has 0 spiro atoms. The molecule has 1 aromatic carbocycles. The first-order valence-electron chi connectivity index (χ1n) is 6.88. The summed E-state index contributed by atoms with van der Waals surface area (Å²) in [6, 6.07) is 6.32. The average molecular weight is 307 g/mol. The summed E-state index contributed by atoms with van der Waals surface area (Å²) in [5.41, 5.74) is 3.43. The van der Waals surface area contributed by atoms with Gasteiger partial charge in [-0.2, -0.15) is 5.10 Å². The van der Waals surface area contributed by atoms with Gasteiger partial charge in [0, 0.05) is 12.2 Å². The van der Waals surface area contributed by atoms with Gasteiger partial charge >= 0.3 is 0 Å². The lowest BCUT2D eigenvalue weighted by Crippen LogP contribution is -2.07. The van der Waals surface area contributed by atoms with Crippen LogP contribution in [-0.4, -0.2) is 19.3 Å². The second-order valence-electron chi connectivity index (χ2n) is 4.97. The van der Waals surface area contributed by atoms with Crippen LogP contribution in [0.3, 0.4) is 0 Å². The largest absolute Gasteiger partial charge is 0.280 e. The topological polar surface area (TPSA) is 35.6 Å². The predicted octanol–water partition coefficient (Wildman–Crippen LogP) is 3.99. The molecule has 6 heteroatoms. The molecule has 2 heterocycles. The van der Waals surface area contributed by atoms with Crippen LogP contribution in [-0.2, 0) is 6.54 Å². The fourth-order valence-corrected chi connectivity index (χ4v) is 2.66. The van der Waals surface area contributed by atoms with Gasteiger partial charge in [0.1, 0.15) is 17.2 Å². The fraction of sp³-hybridized carbons (Fsp3) is 0.333. The normalized spacial score (nSPS) is 13.0. The minimum atomic E-state index is -0.268. The third-order valence-electron chi connectivity index (χ3n) is 3.48. The molecule has 110 valence electrons. The van der Waals surface area contributed by atoms with Crippen LogP contribution >= 0.6 is 11.6 Å². The molecule has 0 saturated carbocycles. The van der Waals surface area contributed by atoms with Gasteiger partial charge in [0.2, 0.25) is 0 Å². The summed E-state index contributed by atoms with van der Waals surface area (Å²) in [6.07, 6.45) is 0. The monoisotopic (exact) mass is 306 g/mol. The number of aromatic nitrogens is 4. The van der Waals surface area contributed by atoms with E-state index in [1.54, 1.807) is 12.1 Å². The molecule has 0 aliphatic heterocycles. The van der Waals surface area contributed by atoms with Crippen molar-refractivity contribution in [1.29, 1.82) is 0 Å². The van der Waals surface area contributed by atoms with Crippen LogP contribution < -0.4 is 0 Å². The number of rotatable bonds is 3. The molecule has 0 radical (unpaired) electrons. The zero-order valence-electron chi connectivity index (χ0n) is 12.1. The first-order chi connectivity index (χ1) is 10.0. The maximum atomic E-state index is 13.2. The Bertz CT molecular complexity index is 786. The van der Waals surface area contributed by atoms with E-state index in [1.807, 2.05) is 30.0 Å². The Morgan fingerprint density at radius 1 is 1.29 bits per heavy atom. The molecule has 0 N–H and O–H groups in total. The van der Waals surface area contributed by atoms with Gasteiger partial charge in [-0.05, 0) is 45.0 Å². The lowest BCUT2D eigenvalue weighted by atomic mass is 10.3. The molecule has 0 saturated heterocycles. The Morgan fingerprint density at radius 2 is 1.95 bits per heavy atom. The minimum Gasteiger partial charge on any atom is -0.280 e. The molecule has 21 heavy (non-hydrogen) atoms. The summed E-state index contributed by atoms with van der Waals surface area (Å²) in [5.74, 6) is 0.469. The zero-order chi connectivity index (χ0) is 15.1. The van der Waals surface area contributed by atoms with Gasteiger partial charge < -0.3 is 0 Å². The molecule has 0 amide bonds. The summed E-state index contributed by atoms with van der Waals surface area (Å²) in [4.78, 5) is 4.63. The summed E-state index contributed by atoms with van der Waals surface area (Å²) in [6.45, 7) is 6.56. The van der Waals surface area contributed by atoms with Crippen LogP contribution in [0.25, 0.3) is 16.9 Å². The van der Waals surface area contributed by atoms with E-state index in [2.05, 4.69) is 10.1 Å². The zero-order valence-corrected chi connectivity index (χ0v) is 12.9. The molecule has 0 aliphatic rings. The predicted molar refractivity (Wildman–Crippen MR) is 81.5 cm³/mol. The first kappa shape index (κ1) is 14.1. The van der Waals surface area contributed by atoms with Crippen molar-refractivity contribution in [1.82, 2.24) is 19.3 Å². The number of hydrogen-bond acceptors (Lipinski definition) is 2. The molecular weight excluding hydrogens is 291 g/mol. The van der Waals surface area contributed by atoms with E-state index in [4.69, 9.17) is 11.6 Å². The van der Waals surface area contributed by atoms with Crippen molar-refractivity contribution < 1.29 is 4.39 Å². The van der Waals surface area contributed by atoms with Crippen LogP contribution in [0.5, 0.6) is 0 Å².